The minimum atomic E-state index is -3.00. The zero-order valence-corrected chi connectivity index (χ0v) is 22.4. The van der Waals surface area contributed by atoms with Gasteiger partial charge in [-0.1, -0.05) is 87.5 Å². The van der Waals surface area contributed by atoms with E-state index in [2.05, 4.69) is 51.6 Å². The molecule has 4 rings (SSSR count). The van der Waals surface area contributed by atoms with E-state index in [4.69, 9.17) is 23.4 Å². The lowest BCUT2D eigenvalue weighted by Crippen LogP contribution is -2.70. The molecule has 2 fully saturated rings. The van der Waals surface area contributed by atoms with Crippen LogP contribution in [0.4, 0.5) is 0 Å². The highest BCUT2D eigenvalue weighted by atomic mass is 28.4. The summed E-state index contributed by atoms with van der Waals surface area (Å²) in [5.41, 5.74) is -1.15. The molecule has 0 bridgehead atoms. The Balaban J connectivity index is 1.90. The Morgan fingerprint density at radius 2 is 1.60 bits per heavy atom. The van der Waals surface area contributed by atoms with E-state index in [0.29, 0.717) is 0 Å². The SMILES string of the molecule is C=C[C@@H]1OC(O[Si](c2ccccc2)(c2ccccc2)C(C)(C)C)[C@@]2(COC(C)=O)OC(C)(C)O[C@@H]12. The van der Waals surface area contributed by atoms with Gasteiger partial charge < -0.3 is 23.4 Å². The first-order chi connectivity index (χ1) is 16.5. The summed E-state index contributed by atoms with van der Waals surface area (Å²) >= 11 is 0. The first kappa shape index (κ1) is 25.8. The van der Waals surface area contributed by atoms with Crippen molar-refractivity contribution < 1.29 is 28.2 Å². The van der Waals surface area contributed by atoms with Crippen LogP contribution in [-0.4, -0.2) is 50.8 Å². The molecule has 0 saturated carbocycles. The molecule has 2 aliphatic rings. The second kappa shape index (κ2) is 9.30. The number of ether oxygens (including phenoxy) is 4. The van der Waals surface area contributed by atoms with Crippen LogP contribution >= 0.6 is 0 Å². The molecule has 0 aliphatic carbocycles. The van der Waals surface area contributed by atoms with Crippen molar-refractivity contribution in [3.63, 3.8) is 0 Å². The van der Waals surface area contributed by atoms with Crippen LogP contribution < -0.4 is 10.4 Å². The molecule has 7 heteroatoms. The third-order valence-electron chi connectivity index (χ3n) is 6.74. The van der Waals surface area contributed by atoms with Gasteiger partial charge in [-0.25, -0.2) is 0 Å². The molecular formula is C28H36O6Si. The first-order valence-corrected chi connectivity index (χ1v) is 13.9. The van der Waals surface area contributed by atoms with Gasteiger partial charge in [0, 0.05) is 6.92 Å². The molecular weight excluding hydrogens is 460 g/mol. The lowest BCUT2D eigenvalue weighted by Gasteiger charge is -2.46. The molecule has 0 amide bonds. The highest BCUT2D eigenvalue weighted by Gasteiger charge is 2.69. The van der Waals surface area contributed by atoms with Gasteiger partial charge >= 0.3 is 5.97 Å². The van der Waals surface area contributed by atoms with Gasteiger partial charge in [-0.3, -0.25) is 4.79 Å². The minimum Gasteiger partial charge on any atom is -0.462 e. The predicted molar refractivity (Wildman–Crippen MR) is 137 cm³/mol. The molecule has 0 spiro atoms. The van der Waals surface area contributed by atoms with Crippen LogP contribution in [0.3, 0.4) is 0 Å². The summed E-state index contributed by atoms with van der Waals surface area (Å²) in [5, 5.41) is 1.95. The van der Waals surface area contributed by atoms with Crippen molar-refractivity contribution in [1.82, 2.24) is 0 Å². The van der Waals surface area contributed by atoms with Crippen molar-refractivity contribution >= 4 is 24.7 Å². The van der Waals surface area contributed by atoms with Crippen molar-refractivity contribution in [3.05, 3.63) is 73.3 Å². The molecule has 188 valence electrons. The average Bonchev–Trinajstić information content (AvgIpc) is 3.24. The van der Waals surface area contributed by atoms with Gasteiger partial charge in [-0.05, 0) is 29.3 Å². The smallest absolute Gasteiger partial charge is 0.302 e. The summed E-state index contributed by atoms with van der Waals surface area (Å²) in [6.45, 7) is 15.6. The van der Waals surface area contributed by atoms with E-state index in [1.54, 1.807) is 6.08 Å². The summed E-state index contributed by atoms with van der Waals surface area (Å²) in [5.74, 6) is -1.32. The number of esters is 1. The molecule has 1 unspecified atom stereocenters. The zero-order valence-electron chi connectivity index (χ0n) is 21.4. The number of fused-ring (bicyclic) bond motifs is 1. The van der Waals surface area contributed by atoms with E-state index in [1.165, 1.54) is 6.92 Å². The van der Waals surface area contributed by atoms with Crippen LogP contribution in [0.5, 0.6) is 0 Å². The van der Waals surface area contributed by atoms with Crippen LogP contribution in [-0.2, 0) is 28.2 Å². The fourth-order valence-electron chi connectivity index (χ4n) is 5.35. The van der Waals surface area contributed by atoms with Crippen LogP contribution in [0.25, 0.3) is 0 Å². The monoisotopic (exact) mass is 496 g/mol. The van der Waals surface area contributed by atoms with Gasteiger partial charge in [-0.15, -0.1) is 6.58 Å². The van der Waals surface area contributed by atoms with Gasteiger partial charge in [-0.2, -0.15) is 0 Å². The second-order valence-electron chi connectivity index (χ2n) is 10.7. The normalized spacial score (nSPS) is 27.9. The second-order valence-corrected chi connectivity index (χ2v) is 15.0. The van der Waals surface area contributed by atoms with Gasteiger partial charge in [0.2, 0.25) is 0 Å². The summed E-state index contributed by atoms with van der Waals surface area (Å²) in [6.07, 6.45) is -0.191. The first-order valence-electron chi connectivity index (χ1n) is 12.0. The zero-order chi connectivity index (χ0) is 25.5. The standard InChI is InChI=1S/C28H36O6Si/c1-8-23-24-28(19-30-20(2)29,34-27(6,7)32-24)25(31-23)33-35(26(3,4)5,21-15-11-9-12-16-21)22-17-13-10-14-18-22/h8-18,23-25H,1,19H2,2-7H3/t23-,24-,25?,28-/m0/s1. The summed E-state index contributed by atoms with van der Waals surface area (Å²) in [4.78, 5) is 11.9. The Bertz CT molecular complexity index is 1010. The van der Waals surface area contributed by atoms with Gasteiger partial charge in [0.25, 0.3) is 8.32 Å². The topological polar surface area (TPSA) is 63.2 Å². The molecule has 2 aliphatic heterocycles. The van der Waals surface area contributed by atoms with Crippen LogP contribution in [0.2, 0.25) is 5.04 Å². The maximum Gasteiger partial charge on any atom is 0.302 e. The molecule has 2 aromatic rings. The maximum atomic E-state index is 11.9. The summed E-state index contributed by atoms with van der Waals surface area (Å²) in [6, 6.07) is 20.6. The highest BCUT2D eigenvalue weighted by Crippen LogP contribution is 2.50. The molecule has 2 heterocycles. The number of benzene rings is 2. The third kappa shape index (κ3) is 4.52. The molecule has 35 heavy (non-hydrogen) atoms. The molecule has 6 nitrogen and oxygen atoms in total. The average molecular weight is 497 g/mol. The number of hydrogen-bond donors (Lipinski definition) is 0. The lowest BCUT2D eigenvalue weighted by molar-refractivity contribution is -0.246. The number of hydrogen-bond acceptors (Lipinski definition) is 6. The van der Waals surface area contributed by atoms with Crippen molar-refractivity contribution in [2.24, 2.45) is 0 Å². The fraction of sp³-hybridized carbons (Fsp3) is 0.464. The minimum absolute atomic E-state index is 0.0519. The number of carbonyl (C=O) groups excluding carboxylic acids is 1. The summed E-state index contributed by atoms with van der Waals surface area (Å²) in [7, 11) is -3.00. The van der Waals surface area contributed by atoms with E-state index >= 15 is 0 Å². The van der Waals surface area contributed by atoms with E-state index in [0.717, 1.165) is 10.4 Å². The lowest BCUT2D eigenvalue weighted by atomic mass is 9.96. The van der Waals surface area contributed by atoms with Gasteiger partial charge in [0.15, 0.2) is 17.7 Å². The Kier molecular flexibility index (Phi) is 6.85. The van der Waals surface area contributed by atoms with Gasteiger partial charge in [0.05, 0.1) is 0 Å². The highest BCUT2D eigenvalue weighted by molar-refractivity contribution is 6.99. The van der Waals surface area contributed by atoms with Crippen molar-refractivity contribution in [2.45, 2.75) is 76.5 Å². The Morgan fingerprint density at radius 1 is 1.06 bits per heavy atom. The Morgan fingerprint density at radius 3 is 2.06 bits per heavy atom. The largest absolute Gasteiger partial charge is 0.462 e. The molecule has 0 radical (unpaired) electrons. The van der Waals surface area contributed by atoms with E-state index < -0.39 is 44.2 Å². The third-order valence-corrected chi connectivity index (χ3v) is 11.7. The van der Waals surface area contributed by atoms with Crippen LogP contribution in [0.1, 0.15) is 41.5 Å². The van der Waals surface area contributed by atoms with Crippen molar-refractivity contribution in [2.75, 3.05) is 6.61 Å². The maximum absolute atomic E-state index is 11.9. The molecule has 2 aromatic carbocycles. The fourth-order valence-corrected chi connectivity index (χ4v) is 9.95. The molecule has 0 aromatic heterocycles. The Hall–Kier alpha value is -2.29. The number of rotatable bonds is 7. The summed E-state index contributed by atoms with van der Waals surface area (Å²) < 4.78 is 32.1. The van der Waals surface area contributed by atoms with Gasteiger partial charge in [0.1, 0.15) is 18.8 Å². The van der Waals surface area contributed by atoms with Crippen molar-refractivity contribution in [1.29, 1.82) is 0 Å². The number of carbonyl (C=O) groups is 1. The molecule has 2 saturated heterocycles. The molecule has 4 atom stereocenters. The van der Waals surface area contributed by atoms with Crippen LogP contribution in [0, 0.1) is 0 Å². The Labute approximate surface area is 209 Å². The molecule has 0 N–H and O–H groups in total. The van der Waals surface area contributed by atoms with E-state index in [1.807, 2.05) is 50.2 Å². The quantitative estimate of drug-likeness (QED) is 0.329. The predicted octanol–water partition coefficient (Wildman–Crippen LogP) is 3.93. The van der Waals surface area contributed by atoms with E-state index in [-0.39, 0.29) is 11.6 Å². The van der Waals surface area contributed by atoms with Crippen LogP contribution in [0.15, 0.2) is 73.3 Å². The van der Waals surface area contributed by atoms with Crippen molar-refractivity contribution in [3.8, 4) is 0 Å². The van der Waals surface area contributed by atoms with E-state index in [9.17, 15) is 4.79 Å².